The molecule has 24 heavy (non-hydrogen) atoms. The Kier molecular flexibility index (Phi) is 4.16. The van der Waals surface area contributed by atoms with Gasteiger partial charge < -0.3 is 15.2 Å². The number of nitrogens with one attached hydrogen (secondary N) is 1. The Morgan fingerprint density at radius 2 is 2.00 bits per heavy atom. The molecule has 0 bridgehead atoms. The van der Waals surface area contributed by atoms with E-state index in [4.69, 9.17) is 4.74 Å². The van der Waals surface area contributed by atoms with Gasteiger partial charge in [-0.1, -0.05) is 30.3 Å². The number of amides is 1. The first kappa shape index (κ1) is 15.6. The van der Waals surface area contributed by atoms with Gasteiger partial charge in [-0.3, -0.25) is 9.59 Å². The Labute approximate surface area is 138 Å². The highest BCUT2D eigenvalue weighted by Crippen LogP contribution is 2.31. The summed E-state index contributed by atoms with van der Waals surface area (Å²) in [5.41, 5.74) is 2.47. The van der Waals surface area contributed by atoms with Gasteiger partial charge in [-0.15, -0.1) is 0 Å². The summed E-state index contributed by atoms with van der Waals surface area (Å²) in [7, 11) is 1.45. The van der Waals surface area contributed by atoms with E-state index in [1.165, 1.54) is 25.3 Å². The third-order valence-corrected chi connectivity index (χ3v) is 3.64. The van der Waals surface area contributed by atoms with Crippen molar-refractivity contribution in [2.45, 2.75) is 0 Å². The molecule has 0 spiro atoms. The normalized spacial score (nSPS) is 14.7. The van der Waals surface area contributed by atoms with Crippen LogP contribution >= 0.6 is 0 Å². The highest BCUT2D eigenvalue weighted by atomic mass is 16.5. The zero-order chi connectivity index (χ0) is 17.1. The average Bonchev–Trinajstić information content (AvgIpc) is 2.90. The van der Waals surface area contributed by atoms with Gasteiger partial charge in [-0.2, -0.15) is 0 Å². The lowest BCUT2D eigenvalue weighted by atomic mass is 10.1. The lowest BCUT2D eigenvalue weighted by molar-refractivity contribution is -0.112. The summed E-state index contributed by atoms with van der Waals surface area (Å²) in [6.45, 7) is 0. The molecule has 0 unspecified atom stereocenters. The lowest BCUT2D eigenvalue weighted by Crippen LogP contribution is -2.05. The molecule has 2 N–H and O–H groups in total. The first-order valence-corrected chi connectivity index (χ1v) is 7.30. The maximum Gasteiger partial charge on any atom is 0.256 e. The Bertz CT molecular complexity index is 881. The summed E-state index contributed by atoms with van der Waals surface area (Å²) in [6.07, 6.45) is 4.28. The quantitative estimate of drug-likeness (QED) is 0.849. The molecule has 1 aliphatic rings. The zero-order valence-corrected chi connectivity index (χ0v) is 12.9. The van der Waals surface area contributed by atoms with Gasteiger partial charge in [0.2, 0.25) is 0 Å². The molecule has 0 fully saturated rings. The topological polar surface area (TPSA) is 75.6 Å². The molecule has 1 amide bonds. The van der Waals surface area contributed by atoms with Crippen LogP contribution in [0.15, 0.2) is 54.6 Å². The predicted octanol–water partition coefficient (Wildman–Crippen LogP) is 3.02. The van der Waals surface area contributed by atoms with Crippen LogP contribution in [0.2, 0.25) is 0 Å². The highest BCUT2D eigenvalue weighted by Gasteiger charge is 2.23. The summed E-state index contributed by atoms with van der Waals surface area (Å²) in [6, 6.07) is 12.0. The molecule has 5 heteroatoms. The van der Waals surface area contributed by atoms with E-state index < -0.39 is 0 Å². The van der Waals surface area contributed by atoms with Gasteiger partial charge in [0, 0.05) is 11.3 Å². The van der Waals surface area contributed by atoms with Gasteiger partial charge in [-0.05, 0) is 35.9 Å². The number of rotatable bonds is 4. The van der Waals surface area contributed by atoms with Gasteiger partial charge >= 0.3 is 0 Å². The molecule has 0 saturated heterocycles. The van der Waals surface area contributed by atoms with Crippen molar-refractivity contribution in [2.24, 2.45) is 0 Å². The third kappa shape index (κ3) is 3.05. The number of carbonyl (C=O) groups is 2. The van der Waals surface area contributed by atoms with Gasteiger partial charge in [0.25, 0.3) is 5.91 Å². The number of anilines is 1. The van der Waals surface area contributed by atoms with Crippen LogP contribution in [-0.4, -0.2) is 23.9 Å². The van der Waals surface area contributed by atoms with Crippen molar-refractivity contribution in [3.05, 3.63) is 65.7 Å². The van der Waals surface area contributed by atoms with E-state index in [-0.39, 0.29) is 17.4 Å². The van der Waals surface area contributed by atoms with Crippen molar-refractivity contribution in [3.8, 4) is 11.5 Å². The van der Waals surface area contributed by atoms with Gasteiger partial charge in [-0.25, -0.2) is 0 Å². The summed E-state index contributed by atoms with van der Waals surface area (Å²) in [5.74, 6) is -0.234. The summed E-state index contributed by atoms with van der Waals surface area (Å²) < 4.78 is 5.02. The van der Waals surface area contributed by atoms with Crippen LogP contribution in [0.3, 0.4) is 0 Å². The van der Waals surface area contributed by atoms with Gasteiger partial charge in [0.05, 0.1) is 12.7 Å². The van der Waals surface area contributed by atoms with Crippen LogP contribution < -0.4 is 10.1 Å². The number of ketones is 1. The number of fused-ring (bicyclic) bond motifs is 1. The molecule has 0 radical (unpaired) electrons. The number of para-hydroxylation sites is 1. The number of carbonyl (C=O) groups excluding carboxylic acids is 2. The van der Waals surface area contributed by atoms with E-state index in [0.717, 1.165) is 5.56 Å². The van der Waals surface area contributed by atoms with E-state index in [1.54, 1.807) is 30.3 Å². The fraction of sp³-hybridized carbons (Fsp3) is 0.0526. The molecule has 3 rings (SSSR count). The van der Waals surface area contributed by atoms with Crippen molar-refractivity contribution in [3.63, 3.8) is 0 Å². The molecule has 120 valence electrons. The zero-order valence-electron chi connectivity index (χ0n) is 12.9. The van der Waals surface area contributed by atoms with E-state index in [0.29, 0.717) is 22.6 Å². The number of phenolic OH excluding ortho intramolecular Hbond substituents is 1. The SMILES string of the molecule is COc1cc(C=CC(=O)C=C2C(=O)Nc3ccccc32)ccc1O. The third-order valence-electron chi connectivity index (χ3n) is 3.64. The smallest absolute Gasteiger partial charge is 0.256 e. The Hall–Kier alpha value is -3.34. The number of allylic oxidation sites excluding steroid dienone is 2. The van der Waals surface area contributed by atoms with Crippen molar-refractivity contribution in [1.82, 2.24) is 0 Å². The summed E-state index contributed by atoms with van der Waals surface area (Å²) in [5, 5.41) is 12.3. The van der Waals surface area contributed by atoms with E-state index >= 15 is 0 Å². The predicted molar refractivity (Wildman–Crippen MR) is 91.7 cm³/mol. The number of benzene rings is 2. The maximum atomic E-state index is 12.1. The lowest BCUT2D eigenvalue weighted by Gasteiger charge is -2.03. The number of methoxy groups -OCH3 is 1. The monoisotopic (exact) mass is 321 g/mol. The number of ether oxygens (including phenoxy) is 1. The van der Waals surface area contributed by atoms with Gasteiger partial charge in [0.15, 0.2) is 17.3 Å². The Morgan fingerprint density at radius 3 is 2.79 bits per heavy atom. The van der Waals surface area contributed by atoms with Crippen molar-refractivity contribution in [1.29, 1.82) is 0 Å². The highest BCUT2D eigenvalue weighted by molar-refractivity contribution is 6.34. The maximum absolute atomic E-state index is 12.1. The minimum absolute atomic E-state index is 0.0299. The second kappa shape index (κ2) is 6.42. The van der Waals surface area contributed by atoms with E-state index in [1.807, 2.05) is 12.1 Å². The van der Waals surface area contributed by atoms with Crippen LogP contribution in [0.4, 0.5) is 5.69 Å². The molecule has 5 nitrogen and oxygen atoms in total. The fourth-order valence-electron chi connectivity index (χ4n) is 2.45. The molecule has 1 heterocycles. The Morgan fingerprint density at radius 1 is 1.21 bits per heavy atom. The van der Waals surface area contributed by atoms with Crippen LogP contribution in [0.5, 0.6) is 11.5 Å². The fourth-order valence-corrected chi connectivity index (χ4v) is 2.45. The second-order valence-electron chi connectivity index (χ2n) is 5.22. The van der Waals surface area contributed by atoms with Crippen molar-refractivity contribution in [2.75, 3.05) is 12.4 Å². The Balaban J connectivity index is 1.82. The minimum atomic E-state index is -0.302. The van der Waals surface area contributed by atoms with Crippen LogP contribution in [0.1, 0.15) is 11.1 Å². The first-order valence-electron chi connectivity index (χ1n) is 7.30. The molecule has 0 aliphatic carbocycles. The van der Waals surface area contributed by atoms with E-state index in [9.17, 15) is 14.7 Å². The second-order valence-corrected chi connectivity index (χ2v) is 5.22. The molecular formula is C19H15NO4. The van der Waals surface area contributed by atoms with Crippen LogP contribution in [0.25, 0.3) is 11.6 Å². The summed E-state index contributed by atoms with van der Waals surface area (Å²) >= 11 is 0. The molecule has 2 aromatic carbocycles. The van der Waals surface area contributed by atoms with Crippen LogP contribution in [0, 0.1) is 0 Å². The molecule has 2 aromatic rings. The molecule has 0 saturated carbocycles. The minimum Gasteiger partial charge on any atom is -0.504 e. The van der Waals surface area contributed by atoms with Gasteiger partial charge in [0.1, 0.15) is 0 Å². The largest absolute Gasteiger partial charge is 0.504 e. The standard InChI is InChI=1S/C19H15NO4/c1-24-18-10-12(7-9-17(18)22)6-8-13(21)11-15-14-4-2-3-5-16(14)20-19(15)23/h2-11,22H,1H3,(H,20,23). The number of hydrogen-bond donors (Lipinski definition) is 2. The van der Waals surface area contributed by atoms with Crippen molar-refractivity contribution < 1.29 is 19.4 Å². The van der Waals surface area contributed by atoms with Crippen LogP contribution in [-0.2, 0) is 9.59 Å². The number of phenols is 1. The summed E-state index contributed by atoms with van der Waals surface area (Å²) in [4.78, 5) is 24.1. The molecule has 0 atom stereocenters. The number of hydrogen-bond acceptors (Lipinski definition) is 4. The molecular weight excluding hydrogens is 306 g/mol. The van der Waals surface area contributed by atoms with Crippen molar-refractivity contribution >= 4 is 29.0 Å². The van der Waals surface area contributed by atoms with E-state index in [2.05, 4.69) is 5.32 Å². The number of aromatic hydroxyl groups is 1. The molecule has 1 aliphatic heterocycles. The average molecular weight is 321 g/mol. The first-order chi connectivity index (χ1) is 11.6. The molecule has 0 aromatic heterocycles.